The Hall–Kier alpha value is -7.88. The maximum Gasteiger partial charge on any atom is 0.0620 e. The molecule has 0 aliphatic heterocycles. The van der Waals surface area contributed by atoms with Crippen molar-refractivity contribution >= 4 is 76.7 Å². The van der Waals surface area contributed by atoms with Gasteiger partial charge in [-0.05, 0) is 138 Å². The summed E-state index contributed by atoms with van der Waals surface area (Å²) in [7, 11) is 0. The summed E-state index contributed by atoms with van der Waals surface area (Å²) in [4.78, 5) is 2.27. The Morgan fingerprint density at radius 3 is 1.88 bits per heavy atom. The number of anilines is 1. The van der Waals surface area contributed by atoms with Crippen molar-refractivity contribution in [2.45, 2.75) is 46.5 Å². The van der Waals surface area contributed by atoms with Crippen LogP contribution in [0.25, 0.3) is 76.7 Å². The number of para-hydroxylation sites is 4. The molecule has 0 spiro atoms. The maximum absolute atomic E-state index is 4.28. The summed E-state index contributed by atoms with van der Waals surface area (Å²) in [6, 6.07) is 57.4. The second-order valence-corrected chi connectivity index (χ2v) is 18.5. The average Bonchev–Trinajstić information content (AvgIpc) is 4.06. The predicted molar refractivity (Wildman–Crippen MR) is 285 cm³/mol. The van der Waals surface area contributed by atoms with Crippen LogP contribution in [0.3, 0.4) is 0 Å². The number of nitrogens with zero attached hydrogens (tertiary/aromatic N) is 3. The van der Waals surface area contributed by atoms with Gasteiger partial charge in [0.1, 0.15) is 0 Å². The second-order valence-electron chi connectivity index (χ2n) is 18.5. The summed E-state index contributed by atoms with van der Waals surface area (Å²) >= 11 is 0. The average molecular weight is 852 g/mol. The molecule has 3 aromatic heterocycles. The molecule has 66 heavy (non-hydrogen) atoms. The molecule has 0 atom stereocenters. The number of allylic oxidation sites excluding steroid dienone is 12. The quantitative estimate of drug-likeness (QED) is 0.125. The van der Waals surface area contributed by atoms with Crippen molar-refractivity contribution in [2.75, 3.05) is 4.90 Å². The van der Waals surface area contributed by atoms with E-state index in [0.29, 0.717) is 0 Å². The van der Waals surface area contributed by atoms with E-state index >= 15 is 0 Å². The third kappa shape index (κ3) is 6.82. The SMILES string of the molecule is C=C/C(=C\C=C\N(/C(C)=C/C=C(C)/C(C)=C/C=C1\CC(C)(C)c2ccccc21)c1ccc(-n2c3ccccc3c3ccccc32)cc1)c1ccc2c(c1)c1cccc3c4ccccc4n2c31. The summed E-state index contributed by atoms with van der Waals surface area (Å²) in [5, 5.41) is 7.62. The summed E-state index contributed by atoms with van der Waals surface area (Å²) < 4.78 is 4.80. The maximum atomic E-state index is 4.28. The summed E-state index contributed by atoms with van der Waals surface area (Å²) in [6.45, 7) is 15.6. The zero-order chi connectivity index (χ0) is 45.1. The number of aromatic nitrogens is 2. The fourth-order valence-electron chi connectivity index (χ4n) is 10.5. The molecule has 0 saturated carbocycles. The van der Waals surface area contributed by atoms with Crippen LogP contribution in [0.5, 0.6) is 0 Å². The number of fused-ring (bicyclic) bond motifs is 10. The number of hydrogen-bond acceptors (Lipinski definition) is 1. The summed E-state index contributed by atoms with van der Waals surface area (Å²) in [6.07, 6.45) is 18.6. The molecule has 7 aromatic carbocycles. The van der Waals surface area contributed by atoms with Crippen LogP contribution in [0.4, 0.5) is 5.69 Å². The van der Waals surface area contributed by atoms with Crippen LogP contribution in [0, 0.1) is 0 Å². The van der Waals surface area contributed by atoms with Crippen LogP contribution >= 0.6 is 0 Å². The minimum Gasteiger partial charge on any atom is -0.321 e. The molecule has 1 aliphatic carbocycles. The molecule has 11 rings (SSSR count). The van der Waals surface area contributed by atoms with E-state index in [1.165, 1.54) is 87.7 Å². The lowest BCUT2D eigenvalue weighted by Crippen LogP contribution is -2.13. The molecule has 0 unspecified atom stereocenters. The minimum absolute atomic E-state index is 0.147. The molecule has 3 heteroatoms. The first-order chi connectivity index (χ1) is 32.2. The number of benzene rings is 7. The molecule has 0 amide bonds. The Kier molecular flexibility index (Phi) is 10.1. The van der Waals surface area contributed by atoms with E-state index in [0.717, 1.165) is 34.6 Å². The van der Waals surface area contributed by atoms with Crippen LogP contribution in [-0.4, -0.2) is 8.97 Å². The highest BCUT2D eigenvalue weighted by Gasteiger charge is 2.32. The summed E-state index contributed by atoms with van der Waals surface area (Å²) in [5.41, 5.74) is 18.5. The third-order valence-corrected chi connectivity index (χ3v) is 14.0. The van der Waals surface area contributed by atoms with Crippen molar-refractivity contribution in [2.24, 2.45) is 0 Å². The summed E-state index contributed by atoms with van der Waals surface area (Å²) in [5.74, 6) is 0. The molecule has 0 bridgehead atoms. The highest BCUT2D eigenvalue weighted by Crippen LogP contribution is 2.45. The molecule has 10 aromatic rings. The van der Waals surface area contributed by atoms with Crippen molar-refractivity contribution in [1.29, 1.82) is 0 Å². The molecule has 1 aliphatic rings. The Balaban J connectivity index is 0.948. The monoisotopic (exact) mass is 851 g/mol. The molecule has 0 N–H and O–H groups in total. The Morgan fingerprint density at radius 1 is 0.576 bits per heavy atom. The van der Waals surface area contributed by atoms with Gasteiger partial charge in [-0.25, -0.2) is 0 Å². The van der Waals surface area contributed by atoms with Crippen molar-refractivity contribution in [3.05, 3.63) is 247 Å². The number of hydrogen-bond donors (Lipinski definition) is 0. The first kappa shape index (κ1) is 40.9. The topological polar surface area (TPSA) is 12.6 Å². The standard InChI is InChI=1S/C63H53N3/c1-7-45(46-33-38-61-56(40-46)55-24-16-23-54-53-22-11-15-28-60(53)66(61)62(54)55)18-17-39-64(44(4)31-29-42(2)43(3)30-32-47-41-63(5,6)57-25-12-8-19-50(47)57)48-34-36-49(37-35-48)65-58-26-13-9-20-51(58)52-21-10-14-27-59(52)65/h7-40H,1,41H2,2-6H3/b39-17+,42-29+,43-30+,44-31+,45-18+,47-32+. The van der Waals surface area contributed by atoms with E-state index in [1.807, 2.05) is 6.08 Å². The van der Waals surface area contributed by atoms with Crippen LogP contribution in [0.15, 0.2) is 230 Å². The Labute approximate surface area is 387 Å². The third-order valence-electron chi connectivity index (χ3n) is 14.0. The lowest BCUT2D eigenvalue weighted by atomic mass is 9.86. The van der Waals surface area contributed by atoms with Crippen molar-refractivity contribution in [3.63, 3.8) is 0 Å². The van der Waals surface area contributed by atoms with E-state index in [2.05, 4.69) is 255 Å². The highest BCUT2D eigenvalue weighted by molar-refractivity contribution is 6.23. The van der Waals surface area contributed by atoms with Gasteiger partial charge < -0.3 is 13.9 Å². The first-order valence-electron chi connectivity index (χ1n) is 23.1. The van der Waals surface area contributed by atoms with E-state index in [9.17, 15) is 0 Å². The molecule has 3 nitrogen and oxygen atoms in total. The van der Waals surface area contributed by atoms with E-state index < -0.39 is 0 Å². The van der Waals surface area contributed by atoms with Gasteiger partial charge in [-0.2, -0.15) is 0 Å². The largest absolute Gasteiger partial charge is 0.321 e. The van der Waals surface area contributed by atoms with Crippen LogP contribution in [0.1, 0.15) is 57.7 Å². The Morgan fingerprint density at radius 2 is 1.17 bits per heavy atom. The van der Waals surface area contributed by atoms with Gasteiger partial charge in [-0.1, -0.05) is 154 Å². The van der Waals surface area contributed by atoms with Crippen LogP contribution < -0.4 is 4.90 Å². The molecule has 320 valence electrons. The van der Waals surface area contributed by atoms with Gasteiger partial charge in [0, 0.05) is 55.6 Å². The van der Waals surface area contributed by atoms with Crippen molar-refractivity contribution < 1.29 is 0 Å². The highest BCUT2D eigenvalue weighted by atomic mass is 15.1. The van der Waals surface area contributed by atoms with Crippen molar-refractivity contribution in [1.82, 2.24) is 8.97 Å². The fourth-order valence-corrected chi connectivity index (χ4v) is 10.5. The normalized spacial score (nSPS) is 15.5. The van der Waals surface area contributed by atoms with Crippen molar-refractivity contribution in [3.8, 4) is 5.69 Å². The lowest BCUT2D eigenvalue weighted by Gasteiger charge is -2.22. The van der Waals surface area contributed by atoms with Gasteiger partial charge in [0.2, 0.25) is 0 Å². The van der Waals surface area contributed by atoms with Gasteiger partial charge in [0.15, 0.2) is 0 Å². The van der Waals surface area contributed by atoms with E-state index in [4.69, 9.17) is 0 Å². The zero-order valence-corrected chi connectivity index (χ0v) is 38.4. The minimum atomic E-state index is 0.147. The second kappa shape index (κ2) is 16.3. The molecule has 0 saturated heterocycles. The van der Waals surface area contributed by atoms with Crippen LogP contribution in [-0.2, 0) is 5.41 Å². The fraction of sp³-hybridized carbons (Fsp3) is 0.111. The van der Waals surface area contributed by atoms with E-state index in [-0.39, 0.29) is 5.41 Å². The molecule has 3 heterocycles. The van der Waals surface area contributed by atoms with Gasteiger partial charge in [-0.15, -0.1) is 0 Å². The predicted octanol–water partition coefficient (Wildman–Crippen LogP) is 17.1. The van der Waals surface area contributed by atoms with Crippen LogP contribution in [0.2, 0.25) is 0 Å². The molecular weight excluding hydrogens is 799 g/mol. The molecular formula is C63H53N3. The first-order valence-corrected chi connectivity index (χ1v) is 23.1. The Bertz CT molecular complexity index is 3680. The molecule has 0 fully saturated rings. The zero-order valence-electron chi connectivity index (χ0n) is 38.4. The van der Waals surface area contributed by atoms with Gasteiger partial charge in [-0.3, -0.25) is 0 Å². The van der Waals surface area contributed by atoms with E-state index in [1.54, 1.807) is 0 Å². The lowest BCUT2D eigenvalue weighted by molar-refractivity contribution is 0.563. The molecule has 0 radical (unpaired) electrons. The van der Waals surface area contributed by atoms with Gasteiger partial charge >= 0.3 is 0 Å². The van der Waals surface area contributed by atoms with Gasteiger partial charge in [0.25, 0.3) is 0 Å². The van der Waals surface area contributed by atoms with Gasteiger partial charge in [0.05, 0.1) is 27.6 Å². The number of rotatable bonds is 10. The smallest absolute Gasteiger partial charge is 0.0620 e.